The minimum Gasteiger partial charge on any atom is -0.478 e. The Hall–Kier alpha value is -2.36. The van der Waals surface area contributed by atoms with Gasteiger partial charge in [0, 0.05) is 23.3 Å². The standard InChI is InChI=1S/C16H12BrCl2N5O3/c1-23-13(10(5-20-23)16(26)27)15(25)21-14-11(17)7-24(22-14)6-8-2-3-9(18)4-12(8)19/h2-5,7H,6H2,1H3,(H,26,27)(H,21,22,25). The van der Waals surface area contributed by atoms with E-state index in [1.165, 1.54) is 11.7 Å². The average molecular weight is 473 g/mol. The number of hydrogen-bond donors (Lipinski definition) is 2. The zero-order valence-electron chi connectivity index (χ0n) is 13.8. The van der Waals surface area contributed by atoms with Crippen LogP contribution in [0.3, 0.4) is 0 Å². The Morgan fingerprint density at radius 1 is 1.33 bits per heavy atom. The van der Waals surface area contributed by atoms with Crippen LogP contribution in [-0.4, -0.2) is 36.5 Å². The van der Waals surface area contributed by atoms with Crippen LogP contribution in [0.2, 0.25) is 10.0 Å². The molecule has 140 valence electrons. The van der Waals surface area contributed by atoms with Crippen LogP contribution in [0.15, 0.2) is 35.1 Å². The maximum Gasteiger partial charge on any atom is 0.339 e. The highest BCUT2D eigenvalue weighted by Gasteiger charge is 2.23. The minimum absolute atomic E-state index is 0.0790. The third kappa shape index (κ3) is 4.15. The van der Waals surface area contributed by atoms with Crippen LogP contribution in [0.25, 0.3) is 0 Å². The molecular weight excluding hydrogens is 461 g/mol. The van der Waals surface area contributed by atoms with E-state index in [1.54, 1.807) is 29.1 Å². The Morgan fingerprint density at radius 3 is 2.74 bits per heavy atom. The summed E-state index contributed by atoms with van der Waals surface area (Å²) in [7, 11) is 1.48. The van der Waals surface area contributed by atoms with Crippen molar-refractivity contribution >= 4 is 56.8 Å². The van der Waals surface area contributed by atoms with Crippen molar-refractivity contribution in [2.24, 2.45) is 7.05 Å². The Labute approximate surface area is 171 Å². The van der Waals surface area contributed by atoms with Crippen molar-refractivity contribution < 1.29 is 14.7 Å². The molecule has 1 aromatic carbocycles. The van der Waals surface area contributed by atoms with Crippen molar-refractivity contribution in [3.8, 4) is 0 Å². The smallest absolute Gasteiger partial charge is 0.339 e. The largest absolute Gasteiger partial charge is 0.478 e. The Kier molecular flexibility index (Phi) is 5.54. The number of carbonyl (C=O) groups excluding carboxylic acids is 1. The van der Waals surface area contributed by atoms with Gasteiger partial charge in [-0.15, -0.1) is 0 Å². The summed E-state index contributed by atoms with van der Waals surface area (Å²) in [5.74, 6) is -1.64. The molecule has 0 saturated heterocycles. The molecule has 0 atom stereocenters. The van der Waals surface area contributed by atoms with Gasteiger partial charge in [0.15, 0.2) is 5.82 Å². The van der Waals surface area contributed by atoms with Gasteiger partial charge in [0.2, 0.25) is 0 Å². The molecule has 0 saturated carbocycles. The van der Waals surface area contributed by atoms with Crippen LogP contribution in [0.1, 0.15) is 26.4 Å². The predicted molar refractivity (Wildman–Crippen MR) is 104 cm³/mol. The molecule has 3 aromatic rings. The van der Waals surface area contributed by atoms with E-state index in [0.717, 1.165) is 11.8 Å². The molecule has 0 radical (unpaired) electrons. The van der Waals surface area contributed by atoms with Gasteiger partial charge in [-0.1, -0.05) is 29.3 Å². The number of hydrogen-bond acceptors (Lipinski definition) is 4. The highest BCUT2D eigenvalue weighted by atomic mass is 79.9. The molecular formula is C16H12BrCl2N5O3. The van der Waals surface area contributed by atoms with E-state index in [9.17, 15) is 14.7 Å². The zero-order valence-corrected chi connectivity index (χ0v) is 16.9. The van der Waals surface area contributed by atoms with Gasteiger partial charge >= 0.3 is 5.97 Å². The number of nitrogens with one attached hydrogen (secondary N) is 1. The molecule has 8 nitrogen and oxygen atoms in total. The van der Waals surface area contributed by atoms with Crippen LogP contribution in [0.5, 0.6) is 0 Å². The molecule has 11 heteroatoms. The second-order valence-electron chi connectivity index (χ2n) is 5.55. The lowest BCUT2D eigenvalue weighted by Gasteiger charge is -2.06. The van der Waals surface area contributed by atoms with E-state index >= 15 is 0 Å². The molecule has 0 fully saturated rings. The van der Waals surface area contributed by atoms with E-state index in [0.29, 0.717) is 21.1 Å². The number of carboxylic acids is 1. The number of amides is 1. The summed E-state index contributed by atoms with van der Waals surface area (Å²) < 4.78 is 3.30. The van der Waals surface area contributed by atoms with Crippen LogP contribution in [-0.2, 0) is 13.6 Å². The normalized spacial score (nSPS) is 10.8. The summed E-state index contributed by atoms with van der Waals surface area (Å²) in [6.07, 6.45) is 2.79. The van der Waals surface area contributed by atoms with Gasteiger partial charge < -0.3 is 10.4 Å². The molecule has 0 aliphatic heterocycles. The van der Waals surface area contributed by atoms with Crippen molar-refractivity contribution in [3.63, 3.8) is 0 Å². The first-order valence-electron chi connectivity index (χ1n) is 7.49. The third-order valence-electron chi connectivity index (χ3n) is 3.68. The summed E-state index contributed by atoms with van der Waals surface area (Å²) in [6.45, 7) is 0.358. The fourth-order valence-electron chi connectivity index (χ4n) is 2.42. The topological polar surface area (TPSA) is 102 Å². The summed E-state index contributed by atoms with van der Waals surface area (Å²) in [5.41, 5.74) is 0.525. The average Bonchev–Trinajstić information content (AvgIpc) is 3.13. The molecule has 0 aliphatic carbocycles. The summed E-state index contributed by atoms with van der Waals surface area (Å²) >= 11 is 15.4. The van der Waals surface area contributed by atoms with Gasteiger partial charge in [-0.25, -0.2) is 4.79 Å². The minimum atomic E-state index is -1.24. The number of anilines is 1. The maximum absolute atomic E-state index is 12.5. The highest BCUT2D eigenvalue weighted by molar-refractivity contribution is 9.10. The Morgan fingerprint density at radius 2 is 2.07 bits per heavy atom. The number of carboxylic acid groups (broad SMARTS) is 1. The van der Waals surface area contributed by atoms with Gasteiger partial charge in [-0.3, -0.25) is 14.2 Å². The third-order valence-corrected chi connectivity index (χ3v) is 4.85. The first-order chi connectivity index (χ1) is 12.8. The lowest BCUT2D eigenvalue weighted by atomic mass is 10.2. The summed E-state index contributed by atoms with van der Waals surface area (Å²) in [4.78, 5) is 23.7. The number of benzene rings is 1. The first-order valence-corrected chi connectivity index (χ1v) is 9.04. The maximum atomic E-state index is 12.5. The van der Waals surface area contributed by atoms with Crippen LogP contribution in [0.4, 0.5) is 5.82 Å². The van der Waals surface area contributed by atoms with Crippen LogP contribution in [0, 0.1) is 0 Å². The van der Waals surface area contributed by atoms with Gasteiger partial charge in [0.1, 0.15) is 11.3 Å². The summed E-state index contributed by atoms with van der Waals surface area (Å²) in [6, 6.07) is 5.14. The van der Waals surface area contributed by atoms with E-state index in [-0.39, 0.29) is 17.1 Å². The van der Waals surface area contributed by atoms with E-state index < -0.39 is 11.9 Å². The molecule has 0 bridgehead atoms. The molecule has 0 unspecified atom stereocenters. The number of halogens is 3. The molecule has 2 N–H and O–H groups in total. The number of aromatic carboxylic acids is 1. The van der Waals surface area contributed by atoms with Gasteiger partial charge in [0.25, 0.3) is 5.91 Å². The molecule has 3 rings (SSSR count). The van der Waals surface area contributed by atoms with Gasteiger partial charge in [-0.2, -0.15) is 10.2 Å². The second kappa shape index (κ2) is 7.71. The first kappa shape index (κ1) is 19.4. The number of carbonyl (C=O) groups is 2. The van der Waals surface area contributed by atoms with Crippen LogP contribution < -0.4 is 5.32 Å². The summed E-state index contributed by atoms with van der Waals surface area (Å²) in [5, 5.41) is 20.9. The fraction of sp³-hybridized carbons (Fsp3) is 0.125. The zero-order chi connectivity index (χ0) is 19.7. The van der Waals surface area contributed by atoms with Gasteiger partial charge in [0.05, 0.1) is 17.2 Å². The lowest BCUT2D eigenvalue weighted by molar-refractivity contribution is 0.0692. The number of aryl methyl sites for hydroxylation is 1. The number of rotatable bonds is 5. The molecule has 27 heavy (non-hydrogen) atoms. The Balaban J connectivity index is 1.82. The molecule has 2 aromatic heterocycles. The fourth-order valence-corrected chi connectivity index (χ4v) is 3.30. The number of aromatic nitrogens is 4. The second-order valence-corrected chi connectivity index (χ2v) is 7.25. The van der Waals surface area contributed by atoms with Crippen molar-refractivity contribution in [3.05, 3.63) is 61.9 Å². The van der Waals surface area contributed by atoms with Crippen LogP contribution >= 0.6 is 39.1 Å². The van der Waals surface area contributed by atoms with Gasteiger partial charge in [-0.05, 0) is 33.6 Å². The van der Waals surface area contributed by atoms with Crippen molar-refractivity contribution in [2.45, 2.75) is 6.54 Å². The quantitative estimate of drug-likeness (QED) is 0.589. The van der Waals surface area contributed by atoms with E-state index in [2.05, 4.69) is 31.4 Å². The predicted octanol–water partition coefficient (Wildman–Crippen LogP) is 3.68. The highest BCUT2D eigenvalue weighted by Crippen LogP contribution is 2.25. The molecule has 0 aliphatic rings. The van der Waals surface area contributed by atoms with Crippen molar-refractivity contribution in [1.29, 1.82) is 0 Å². The molecule has 0 spiro atoms. The van der Waals surface area contributed by atoms with E-state index in [1.807, 2.05) is 0 Å². The monoisotopic (exact) mass is 471 g/mol. The molecule has 1 amide bonds. The lowest BCUT2D eigenvalue weighted by Crippen LogP contribution is -2.20. The SMILES string of the molecule is Cn1ncc(C(=O)O)c1C(=O)Nc1nn(Cc2ccc(Cl)cc2Cl)cc1Br. The number of nitrogens with zero attached hydrogens (tertiary/aromatic N) is 4. The molecule has 2 heterocycles. The Bertz CT molecular complexity index is 1050. The van der Waals surface area contributed by atoms with E-state index in [4.69, 9.17) is 23.2 Å². The van der Waals surface area contributed by atoms with Crippen molar-refractivity contribution in [2.75, 3.05) is 5.32 Å². The van der Waals surface area contributed by atoms with Crippen molar-refractivity contribution in [1.82, 2.24) is 19.6 Å².